The van der Waals surface area contributed by atoms with Gasteiger partial charge in [-0.2, -0.15) is 13.2 Å². The van der Waals surface area contributed by atoms with Crippen molar-refractivity contribution in [3.63, 3.8) is 0 Å². The first-order chi connectivity index (χ1) is 17.9. The van der Waals surface area contributed by atoms with Gasteiger partial charge >= 0.3 is 24.2 Å². The third-order valence-electron chi connectivity index (χ3n) is 6.59. The van der Waals surface area contributed by atoms with E-state index in [1.54, 1.807) is 18.7 Å². The number of piperazine rings is 1. The minimum Gasteiger partial charge on any atom is -0.463 e. The molecular formula is C26H36F3N5O4. The van der Waals surface area contributed by atoms with Crippen LogP contribution in [0.5, 0.6) is 0 Å². The van der Waals surface area contributed by atoms with E-state index in [9.17, 15) is 27.6 Å². The summed E-state index contributed by atoms with van der Waals surface area (Å²) in [5.74, 6) is -0.786. The summed E-state index contributed by atoms with van der Waals surface area (Å²) in [6.07, 6.45) is -4.69. The molecule has 38 heavy (non-hydrogen) atoms. The van der Waals surface area contributed by atoms with Crippen molar-refractivity contribution in [3.8, 4) is 0 Å². The maximum Gasteiger partial charge on any atom is 0.416 e. The Balaban J connectivity index is 2.03. The van der Waals surface area contributed by atoms with Gasteiger partial charge in [-0.15, -0.1) is 0 Å². The zero-order valence-electron chi connectivity index (χ0n) is 22.4. The number of rotatable bonds is 7. The zero-order valence-corrected chi connectivity index (χ0v) is 22.4. The number of halogens is 3. The second-order valence-corrected chi connectivity index (χ2v) is 9.67. The fourth-order valence-electron chi connectivity index (χ4n) is 4.92. The average molecular weight is 540 g/mol. The first kappa shape index (κ1) is 29.3. The number of amides is 4. The first-order valence-electron chi connectivity index (χ1n) is 12.8. The Morgan fingerprint density at radius 3 is 2.45 bits per heavy atom. The summed E-state index contributed by atoms with van der Waals surface area (Å²) < 4.78 is 47.0. The lowest BCUT2D eigenvalue weighted by Gasteiger charge is -2.43. The van der Waals surface area contributed by atoms with Crippen LogP contribution in [0.25, 0.3) is 0 Å². The van der Waals surface area contributed by atoms with Crippen LogP contribution >= 0.6 is 0 Å². The van der Waals surface area contributed by atoms with Gasteiger partial charge in [0.1, 0.15) is 0 Å². The van der Waals surface area contributed by atoms with E-state index in [0.29, 0.717) is 25.3 Å². The molecule has 2 heterocycles. The predicted octanol–water partition coefficient (Wildman–Crippen LogP) is 3.73. The standard InChI is InChI=1S/C26H36F3N5O4/c1-6-33-20(15-32-12-13-34(17(5)14-32)24(36)30-16(3)4)21(23(35)38-7-2)22(31-25(33)37)18-10-8-9-11-19(18)26(27,28)29/h8-11,16-17,22H,6-7,12-15H2,1-5H3,(H,30,36)(H,31,37). The van der Waals surface area contributed by atoms with Gasteiger partial charge in [-0.3, -0.25) is 9.80 Å². The Morgan fingerprint density at radius 2 is 1.87 bits per heavy atom. The summed E-state index contributed by atoms with van der Waals surface area (Å²) in [6.45, 7) is 10.7. The second kappa shape index (κ2) is 12.1. The van der Waals surface area contributed by atoms with Crippen molar-refractivity contribution in [2.24, 2.45) is 0 Å². The van der Waals surface area contributed by atoms with Crippen molar-refractivity contribution >= 4 is 18.0 Å². The van der Waals surface area contributed by atoms with Gasteiger partial charge in [-0.05, 0) is 46.2 Å². The lowest BCUT2D eigenvalue weighted by Crippen LogP contribution is -2.58. The van der Waals surface area contributed by atoms with Crippen LogP contribution in [0, 0.1) is 0 Å². The molecule has 2 atom stereocenters. The minimum absolute atomic E-state index is 0.0135. The molecule has 1 saturated heterocycles. The van der Waals surface area contributed by atoms with Crippen LogP contribution in [0.1, 0.15) is 51.8 Å². The maximum absolute atomic E-state index is 13.9. The van der Waals surface area contributed by atoms with E-state index in [-0.39, 0.29) is 48.9 Å². The second-order valence-electron chi connectivity index (χ2n) is 9.67. The molecule has 210 valence electrons. The molecule has 2 N–H and O–H groups in total. The molecule has 1 fully saturated rings. The highest BCUT2D eigenvalue weighted by atomic mass is 19.4. The summed E-state index contributed by atoms with van der Waals surface area (Å²) in [5, 5.41) is 5.48. The molecule has 1 aromatic rings. The Labute approximate surface area is 221 Å². The molecule has 0 aliphatic carbocycles. The summed E-state index contributed by atoms with van der Waals surface area (Å²) in [7, 11) is 0. The number of esters is 1. The minimum atomic E-state index is -4.69. The normalized spacial score (nSPS) is 21.0. The number of ether oxygens (including phenoxy) is 1. The Kier molecular flexibility index (Phi) is 9.29. The fourth-order valence-corrected chi connectivity index (χ4v) is 4.92. The van der Waals surface area contributed by atoms with Crippen molar-refractivity contribution in [3.05, 3.63) is 46.7 Å². The Morgan fingerprint density at radius 1 is 1.18 bits per heavy atom. The Bertz CT molecular complexity index is 1080. The van der Waals surface area contributed by atoms with Crippen LogP contribution in [-0.4, -0.2) is 84.1 Å². The molecule has 1 aromatic carbocycles. The van der Waals surface area contributed by atoms with Crippen molar-refractivity contribution in [2.75, 3.05) is 39.3 Å². The number of urea groups is 2. The first-order valence-corrected chi connectivity index (χ1v) is 12.8. The van der Waals surface area contributed by atoms with Crippen molar-refractivity contribution < 1.29 is 32.3 Å². The molecule has 9 nitrogen and oxygen atoms in total. The summed E-state index contributed by atoms with van der Waals surface area (Å²) in [4.78, 5) is 44.0. The monoisotopic (exact) mass is 539 g/mol. The largest absolute Gasteiger partial charge is 0.463 e. The van der Waals surface area contributed by atoms with Crippen molar-refractivity contribution in [2.45, 2.75) is 58.9 Å². The third-order valence-corrected chi connectivity index (χ3v) is 6.59. The van der Waals surface area contributed by atoms with E-state index in [2.05, 4.69) is 10.6 Å². The van der Waals surface area contributed by atoms with E-state index >= 15 is 0 Å². The SMILES string of the molecule is CCOC(=O)C1=C(CN2CCN(C(=O)NC(C)C)C(C)C2)N(CC)C(=O)NC1c1ccccc1C(F)(F)F. The van der Waals surface area contributed by atoms with Gasteiger partial charge in [-0.1, -0.05) is 18.2 Å². The lowest BCUT2D eigenvalue weighted by atomic mass is 9.90. The summed E-state index contributed by atoms with van der Waals surface area (Å²) in [6, 6.07) is 2.61. The van der Waals surface area contributed by atoms with E-state index in [1.165, 1.54) is 23.1 Å². The van der Waals surface area contributed by atoms with Crippen LogP contribution in [0.15, 0.2) is 35.5 Å². The number of hydrogen-bond acceptors (Lipinski definition) is 5. The lowest BCUT2D eigenvalue weighted by molar-refractivity contribution is -0.141. The predicted molar refractivity (Wildman–Crippen MR) is 135 cm³/mol. The van der Waals surface area contributed by atoms with Crippen LogP contribution in [0.2, 0.25) is 0 Å². The van der Waals surface area contributed by atoms with E-state index in [4.69, 9.17) is 4.74 Å². The highest BCUT2D eigenvalue weighted by Gasteiger charge is 2.43. The molecule has 0 bridgehead atoms. The fraction of sp³-hybridized carbons (Fsp3) is 0.577. The number of hydrogen-bond donors (Lipinski definition) is 2. The van der Waals surface area contributed by atoms with Gasteiger partial charge in [0, 0.05) is 50.5 Å². The smallest absolute Gasteiger partial charge is 0.416 e. The topological polar surface area (TPSA) is 94.2 Å². The number of nitrogens with zero attached hydrogens (tertiary/aromatic N) is 3. The van der Waals surface area contributed by atoms with Crippen LogP contribution in [-0.2, 0) is 15.7 Å². The number of benzene rings is 1. The van der Waals surface area contributed by atoms with Gasteiger partial charge in [0.05, 0.1) is 23.8 Å². The van der Waals surface area contributed by atoms with Gasteiger partial charge in [-0.25, -0.2) is 14.4 Å². The zero-order chi connectivity index (χ0) is 28.2. The molecule has 2 aliphatic rings. The number of likely N-dealkylation sites (N-methyl/N-ethyl adjacent to an activating group) is 1. The molecule has 2 unspecified atom stereocenters. The quantitative estimate of drug-likeness (QED) is 0.515. The maximum atomic E-state index is 13.9. The molecule has 12 heteroatoms. The van der Waals surface area contributed by atoms with Crippen LogP contribution in [0.3, 0.4) is 0 Å². The van der Waals surface area contributed by atoms with Gasteiger partial charge in [0.2, 0.25) is 0 Å². The average Bonchev–Trinajstić information content (AvgIpc) is 2.83. The number of nitrogens with one attached hydrogen (secondary N) is 2. The van der Waals surface area contributed by atoms with Crippen LogP contribution < -0.4 is 10.6 Å². The Hall–Kier alpha value is -3.28. The van der Waals surface area contributed by atoms with Gasteiger partial charge in [0.15, 0.2) is 0 Å². The molecule has 0 spiro atoms. The molecule has 3 rings (SSSR count). The highest BCUT2D eigenvalue weighted by molar-refractivity contribution is 5.95. The van der Waals surface area contributed by atoms with E-state index in [1.807, 2.05) is 25.7 Å². The molecule has 0 saturated carbocycles. The molecule has 4 amide bonds. The van der Waals surface area contributed by atoms with E-state index in [0.717, 1.165) is 6.07 Å². The summed E-state index contributed by atoms with van der Waals surface area (Å²) in [5.41, 5.74) is -0.899. The molecule has 0 radical (unpaired) electrons. The van der Waals surface area contributed by atoms with Crippen LogP contribution in [0.4, 0.5) is 22.8 Å². The van der Waals surface area contributed by atoms with Crippen molar-refractivity contribution in [1.82, 2.24) is 25.3 Å². The third kappa shape index (κ3) is 6.40. The van der Waals surface area contributed by atoms with Gasteiger partial charge in [0.25, 0.3) is 0 Å². The molecule has 2 aliphatic heterocycles. The molecule has 0 aromatic heterocycles. The molecular weight excluding hydrogens is 503 g/mol. The number of carbonyl (C=O) groups excluding carboxylic acids is 3. The number of carbonyl (C=O) groups is 3. The summed E-state index contributed by atoms with van der Waals surface area (Å²) >= 11 is 0. The highest BCUT2D eigenvalue weighted by Crippen LogP contribution is 2.39. The number of alkyl halides is 3. The van der Waals surface area contributed by atoms with Crippen molar-refractivity contribution in [1.29, 1.82) is 0 Å². The van der Waals surface area contributed by atoms with Gasteiger partial charge < -0.3 is 20.3 Å². The van der Waals surface area contributed by atoms with E-state index < -0.39 is 29.8 Å².